The molecule has 0 aromatic rings. The molecule has 1 saturated heterocycles. The van der Waals surface area contributed by atoms with Gasteiger partial charge in [-0.2, -0.15) is 26.3 Å². The Balaban J connectivity index is 2.80. The Labute approximate surface area is 168 Å². The van der Waals surface area contributed by atoms with Gasteiger partial charge in [-0.15, -0.1) is 0 Å². The molecule has 1 aliphatic heterocycles. The summed E-state index contributed by atoms with van der Waals surface area (Å²) in [6, 6.07) is 0. The molecule has 1 unspecified atom stereocenters. The van der Waals surface area contributed by atoms with Crippen molar-refractivity contribution < 1.29 is 54.1 Å². The Kier molecular flexibility index (Phi) is 8.89. The molecular formula is C17H25F8NO4. The number of hydrogen-bond acceptors (Lipinski definition) is 5. The summed E-state index contributed by atoms with van der Waals surface area (Å²) >= 11 is 0. The molecular weight excluding hydrogens is 434 g/mol. The average Bonchev–Trinajstić information content (AvgIpc) is 2.61. The number of rotatable bonds is 10. The van der Waals surface area contributed by atoms with Gasteiger partial charge in [0.1, 0.15) is 12.7 Å². The highest BCUT2D eigenvalue weighted by atomic mass is 19.4. The fraction of sp³-hybridized carbons (Fsp3) is 0.941. The van der Waals surface area contributed by atoms with Crippen LogP contribution in [0, 0.1) is 5.41 Å². The quantitative estimate of drug-likeness (QED) is 0.370. The highest BCUT2D eigenvalue weighted by molar-refractivity contribution is 5.75. The molecule has 1 rings (SSSR count). The molecule has 30 heavy (non-hydrogen) atoms. The Morgan fingerprint density at radius 1 is 1.03 bits per heavy atom. The topological polar surface area (TPSA) is 48.0 Å². The fourth-order valence-electron chi connectivity index (χ4n) is 2.31. The Hall–Kier alpha value is -1.21. The van der Waals surface area contributed by atoms with Crippen LogP contribution in [0.4, 0.5) is 35.1 Å². The first-order valence-corrected chi connectivity index (χ1v) is 9.03. The fourth-order valence-corrected chi connectivity index (χ4v) is 2.31. The standard InChI is InChI=1S/C17H25F8NO4/c1-14(2,3)13(27)30-11(8-26-4-6-28-7-5-26)9-29-10-15(20,21)17(24,25)16(22,23)12(18)19/h11-12H,4-10H2,1-3H3. The van der Waals surface area contributed by atoms with Crippen LogP contribution in [0.2, 0.25) is 0 Å². The van der Waals surface area contributed by atoms with Crippen LogP contribution in [0.1, 0.15) is 20.8 Å². The van der Waals surface area contributed by atoms with E-state index in [9.17, 15) is 39.9 Å². The third-order valence-electron chi connectivity index (χ3n) is 4.19. The highest BCUT2D eigenvalue weighted by Gasteiger charge is 2.75. The summed E-state index contributed by atoms with van der Waals surface area (Å²) < 4.78 is 119. The number of carbonyl (C=O) groups is 1. The molecule has 0 amide bonds. The summed E-state index contributed by atoms with van der Waals surface area (Å²) in [7, 11) is 0. The lowest BCUT2D eigenvalue weighted by molar-refractivity contribution is -0.346. The van der Waals surface area contributed by atoms with Crippen molar-refractivity contribution in [3.63, 3.8) is 0 Å². The zero-order chi connectivity index (χ0) is 23.4. The van der Waals surface area contributed by atoms with Crippen LogP contribution < -0.4 is 0 Å². The lowest BCUT2D eigenvalue weighted by Crippen LogP contribution is -2.59. The van der Waals surface area contributed by atoms with Crippen molar-refractivity contribution in [2.75, 3.05) is 46.1 Å². The van der Waals surface area contributed by atoms with E-state index >= 15 is 0 Å². The molecule has 1 fully saturated rings. The lowest BCUT2D eigenvalue weighted by Gasteiger charge is -2.33. The van der Waals surface area contributed by atoms with Crippen LogP contribution >= 0.6 is 0 Å². The number of alkyl halides is 8. The smallest absolute Gasteiger partial charge is 0.380 e. The minimum atomic E-state index is -6.35. The van der Waals surface area contributed by atoms with E-state index in [0.717, 1.165) is 0 Å². The molecule has 178 valence electrons. The van der Waals surface area contributed by atoms with Crippen molar-refractivity contribution in [1.29, 1.82) is 0 Å². The first-order chi connectivity index (χ1) is 13.5. The number of morpholine rings is 1. The largest absolute Gasteiger partial charge is 0.458 e. The number of halogens is 8. The van der Waals surface area contributed by atoms with Crippen LogP contribution in [0.3, 0.4) is 0 Å². The SMILES string of the molecule is CC(C)(C)C(=O)OC(COCC(F)(F)C(F)(F)C(F)(F)C(F)F)CN1CCOCC1. The second-order valence-corrected chi connectivity index (χ2v) is 7.91. The van der Waals surface area contributed by atoms with Gasteiger partial charge in [-0.3, -0.25) is 9.69 Å². The molecule has 0 bridgehead atoms. The predicted octanol–water partition coefficient (Wildman–Crippen LogP) is 3.46. The maximum Gasteiger partial charge on any atom is 0.380 e. The van der Waals surface area contributed by atoms with E-state index in [1.165, 1.54) is 20.8 Å². The highest BCUT2D eigenvalue weighted by Crippen LogP contribution is 2.48. The van der Waals surface area contributed by atoms with Gasteiger partial charge in [-0.05, 0) is 20.8 Å². The molecule has 0 N–H and O–H groups in total. The molecule has 0 radical (unpaired) electrons. The monoisotopic (exact) mass is 459 g/mol. The van der Waals surface area contributed by atoms with Gasteiger partial charge in [0.15, 0.2) is 0 Å². The third-order valence-corrected chi connectivity index (χ3v) is 4.19. The second kappa shape index (κ2) is 9.94. The molecule has 0 saturated carbocycles. The summed E-state index contributed by atoms with van der Waals surface area (Å²) in [4.78, 5) is 13.8. The lowest BCUT2D eigenvalue weighted by atomic mass is 9.97. The Bertz CT molecular complexity index is 562. The summed E-state index contributed by atoms with van der Waals surface area (Å²) in [5.74, 6) is -18.9. The molecule has 0 spiro atoms. The molecule has 1 aliphatic rings. The van der Waals surface area contributed by atoms with E-state index in [4.69, 9.17) is 9.47 Å². The molecule has 0 aromatic heterocycles. The zero-order valence-corrected chi connectivity index (χ0v) is 16.7. The third kappa shape index (κ3) is 6.64. The van der Waals surface area contributed by atoms with E-state index < -0.39 is 54.9 Å². The van der Waals surface area contributed by atoms with Crippen molar-refractivity contribution in [3.05, 3.63) is 0 Å². The van der Waals surface area contributed by atoms with Crippen LogP contribution in [0.15, 0.2) is 0 Å². The molecule has 0 aliphatic carbocycles. The van der Waals surface area contributed by atoms with E-state index in [1.807, 2.05) is 0 Å². The van der Waals surface area contributed by atoms with Crippen molar-refractivity contribution in [2.24, 2.45) is 5.41 Å². The molecule has 5 nitrogen and oxygen atoms in total. The minimum absolute atomic E-state index is 0.0136. The predicted molar refractivity (Wildman–Crippen MR) is 88.3 cm³/mol. The van der Waals surface area contributed by atoms with Crippen molar-refractivity contribution in [2.45, 2.75) is 51.1 Å². The molecule has 1 heterocycles. The molecule has 13 heteroatoms. The van der Waals surface area contributed by atoms with Crippen molar-refractivity contribution >= 4 is 5.97 Å². The van der Waals surface area contributed by atoms with Crippen LogP contribution in [0.5, 0.6) is 0 Å². The van der Waals surface area contributed by atoms with Crippen molar-refractivity contribution in [1.82, 2.24) is 4.90 Å². The minimum Gasteiger partial charge on any atom is -0.458 e. The van der Waals surface area contributed by atoms with Crippen LogP contribution in [0.25, 0.3) is 0 Å². The number of nitrogens with zero attached hydrogens (tertiary/aromatic N) is 1. The maximum atomic E-state index is 13.6. The number of esters is 1. The number of hydrogen-bond donors (Lipinski definition) is 0. The summed E-state index contributed by atoms with van der Waals surface area (Å²) in [5, 5.41) is 0. The zero-order valence-electron chi connectivity index (χ0n) is 16.7. The van der Waals surface area contributed by atoms with Crippen LogP contribution in [-0.4, -0.2) is 87.2 Å². The van der Waals surface area contributed by atoms with Gasteiger partial charge < -0.3 is 14.2 Å². The van der Waals surface area contributed by atoms with E-state index in [1.54, 1.807) is 4.90 Å². The number of ether oxygens (including phenoxy) is 3. The summed E-state index contributed by atoms with van der Waals surface area (Å²) in [6.45, 7) is 2.98. The van der Waals surface area contributed by atoms with Gasteiger partial charge >= 0.3 is 30.2 Å². The van der Waals surface area contributed by atoms with Gasteiger partial charge in [0, 0.05) is 19.6 Å². The van der Waals surface area contributed by atoms with Gasteiger partial charge in [0.05, 0.1) is 25.2 Å². The summed E-state index contributed by atoms with van der Waals surface area (Å²) in [5.41, 5.74) is -0.973. The molecule has 1 atom stereocenters. The maximum absolute atomic E-state index is 13.6. The first kappa shape index (κ1) is 26.8. The normalized spacial score (nSPS) is 18.5. The van der Waals surface area contributed by atoms with E-state index in [2.05, 4.69) is 4.74 Å². The Morgan fingerprint density at radius 2 is 1.57 bits per heavy atom. The van der Waals surface area contributed by atoms with Gasteiger partial charge in [-0.1, -0.05) is 0 Å². The Morgan fingerprint density at radius 3 is 2.03 bits per heavy atom. The number of carbonyl (C=O) groups excluding carboxylic acids is 1. The molecule has 0 aromatic carbocycles. The van der Waals surface area contributed by atoms with Gasteiger partial charge in [-0.25, -0.2) is 8.78 Å². The van der Waals surface area contributed by atoms with E-state index in [-0.39, 0.29) is 6.54 Å². The first-order valence-electron chi connectivity index (χ1n) is 9.03. The van der Waals surface area contributed by atoms with Crippen LogP contribution in [-0.2, 0) is 19.0 Å². The van der Waals surface area contributed by atoms with Gasteiger partial charge in [0.2, 0.25) is 0 Å². The average molecular weight is 459 g/mol. The van der Waals surface area contributed by atoms with E-state index in [0.29, 0.717) is 26.3 Å². The summed E-state index contributed by atoms with van der Waals surface area (Å²) in [6.07, 6.45) is -6.19. The van der Waals surface area contributed by atoms with Gasteiger partial charge in [0.25, 0.3) is 0 Å². The second-order valence-electron chi connectivity index (χ2n) is 7.91. The van der Waals surface area contributed by atoms with Crippen molar-refractivity contribution in [3.8, 4) is 0 Å².